The zero-order valence-corrected chi connectivity index (χ0v) is 15.9. The number of aryl methyl sites for hydroxylation is 3. The van der Waals surface area contributed by atoms with Crippen LogP contribution >= 0.6 is 0 Å². The Morgan fingerprint density at radius 2 is 1.92 bits per heavy atom. The van der Waals surface area contributed by atoms with Gasteiger partial charge in [0.15, 0.2) is 5.96 Å². The van der Waals surface area contributed by atoms with Crippen LogP contribution in [0, 0.1) is 6.92 Å². The molecular weight excluding hydrogens is 312 g/mol. The maximum atomic E-state index is 5.42. The van der Waals surface area contributed by atoms with Crippen molar-refractivity contribution in [2.45, 2.75) is 53.5 Å². The average molecular weight is 342 g/mol. The van der Waals surface area contributed by atoms with E-state index in [-0.39, 0.29) is 0 Å². The van der Waals surface area contributed by atoms with Crippen LogP contribution in [0.5, 0.6) is 0 Å². The molecule has 2 N–H and O–H groups in total. The van der Waals surface area contributed by atoms with Crippen molar-refractivity contribution in [3.63, 3.8) is 0 Å². The summed E-state index contributed by atoms with van der Waals surface area (Å²) in [6.45, 7) is 10.7. The van der Waals surface area contributed by atoms with Crippen LogP contribution in [0.15, 0.2) is 33.8 Å². The maximum Gasteiger partial charge on any atom is 0.191 e. The van der Waals surface area contributed by atoms with E-state index >= 15 is 0 Å². The molecule has 0 spiro atoms. The van der Waals surface area contributed by atoms with Gasteiger partial charge in [-0.3, -0.25) is 0 Å². The van der Waals surface area contributed by atoms with E-state index in [1.807, 2.05) is 0 Å². The van der Waals surface area contributed by atoms with Crippen molar-refractivity contribution in [3.05, 3.63) is 52.4 Å². The Bertz CT molecular complexity index is 669. The van der Waals surface area contributed by atoms with Crippen molar-refractivity contribution in [1.82, 2.24) is 15.8 Å². The fourth-order valence-electron chi connectivity index (χ4n) is 2.82. The lowest BCUT2D eigenvalue weighted by molar-refractivity contribution is 0.380. The van der Waals surface area contributed by atoms with Crippen LogP contribution in [0.25, 0.3) is 0 Å². The monoisotopic (exact) mass is 342 g/mol. The summed E-state index contributed by atoms with van der Waals surface area (Å²) in [5.74, 6) is 1.78. The summed E-state index contributed by atoms with van der Waals surface area (Å²) in [6, 6.07) is 8.50. The lowest BCUT2D eigenvalue weighted by Gasteiger charge is -2.12. The standard InChI is InChI=1S/C20H30N4O/c1-5-18-17(19(6-2)25-24-18)14-23-20(21-7-3)22-13-12-16-11-9-8-10-15(16)4/h8-11H,5-7,12-14H2,1-4H3,(H2,21,22,23). The summed E-state index contributed by atoms with van der Waals surface area (Å²) in [4.78, 5) is 4.72. The first-order chi connectivity index (χ1) is 12.2. The highest BCUT2D eigenvalue weighted by atomic mass is 16.5. The third kappa shape index (κ3) is 5.34. The van der Waals surface area contributed by atoms with Crippen LogP contribution in [-0.2, 0) is 25.8 Å². The van der Waals surface area contributed by atoms with Gasteiger partial charge in [0.25, 0.3) is 0 Å². The molecule has 0 radical (unpaired) electrons. The number of hydrogen-bond acceptors (Lipinski definition) is 3. The van der Waals surface area contributed by atoms with Crippen molar-refractivity contribution >= 4 is 5.96 Å². The first-order valence-electron chi connectivity index (χ1n) is 9.22. The van der Waals surface area contributed by atoms with Crippen LogP contribution in [0.1, 0.15) is 48.9 Å². The van der Waals surface area contributed by atoms with E-state index in [0.717, 1.165) is 55.3 Å². The number of guanidine groups is 1. The predicted octanol–water partition coefficient (Wildman–Crippen LogP) is 3.41. The molecule has 5 nitrogen and oxygen atoms in total. The van der Waals surface area contributed by atoms with Crippen LogP contribution in [-0.4, -0.2) is 24.2 Å². The van der Waals surface area contributed by atoms with Gasteiger partial charge in [-0.15, -0.1) is 0 Å². The molecular formula is C20H30N4O. The van der Waals surface area contributed by atoms with E-state index in [0.29, 0.717) is 6.54 Å². The Balaban J connectivity index is 1.99. The number of aliphatic imine (C=N–C) groups is 1. The third-order valence-corrected chi connectivity index (χ3v) is 4.29. The van der Waals surface area contributed by atoms with E-state index in [4.69, 9.17) is 9.52 Å². The molecule has 0 saturated heterocycles. The Morgan fingerprint density at radius 1 is 1.12 bits per heavy atom. The maximum absolute atomic E-state index is 5.42. The van der Waals surface area contributed by atoms with E-state index < -0.39 is 0 Å². The van der Waals surface area contributed by atoms with Gasteiger partial charge in [-0.05, 0) is 37.8 Å². The largest absolute Gasteiger partial charge is 0.361 e. The molecule has 0 bridgehead atoms. The van der Waals surface area contributed by atoms with E-state index in [9.17, 15) is 0 Å². The van der Waals surface area contributed by atoms with Gasteiger partial charge < -0.3 is 15.2 Å². The Morgan fingerprint density at radius 3 is 2.60 bits per heavy atom. The van der Waals surface area contributed by atoms with Gasteiger partial charge in [-0.25, -0.2) is 4.99 Å². The molecule has 0 aliphatic rings. The molecule has 1 aromatic heterocycles. The van der Waals surface area contributed by atoms with Gasteiger partial charge in [0, 0.05) is 25.1 Å². The second-order valence-electron chi connectivity index (χ2n) is 6.04. The molecule has 1 heterocycles. The van der Waals surface area contributed by atoms with Crippen LogP contribution in [0.2, 0.25) is 0 Å². The Hall–Kier alpha value is -2.30. The highest BCUT2D eigenvalue weighted by molar-refractivity contribution is 5.79. The number of nitrogens with zero attached hydrogens (tertiary/aromatic N) is 2. The molecule has 0 saturated carbocycles. The molecule has 0 unspecified atom stereocenters. The van der Waals surface area contributed by atoms with Gasteiger partial charge >= 0.3 is 0 Å². The van der Waals surface area contributed by atoms with Gasteiger partial charge in [0.05, 0.1) is 12.2 Å². The molecule has 0 fully saturated rings. The minimum atomic E-state index is 0.593. The Kier molecular flexibility index (Phi) is 7.51. The van der Waals surface area contributed by atoms with E-state index in [1.54, 1.807) is 0 Å². The molecule has 0 atom stereocenters. The fraction of sp³-hybridized carbons (Fsp3) is 0.500. The smallest absolute Gasteiger partial charge is 0.191 e. The zero-order chi connectivity index (χ0) is 18.1. The molecule has 2 rings (SSSR count). The number of benzene rings is 1. The molecule has 0 amide bonds. The second kappa shape index (κ2) is 9.87. The van der Waals surface area contributed by atoms with Crippen molar-refractivity contribution in [2.24, 2.45) is 4.99 Å². The highest BCUT2D eigenvalue weighted by Gasteiger charge is 2.13. The number of hydrogen-bond donors (Lipinski definition) is 2. The van der Waals surface area contributed by atoms with E-state index in [1.165, 1.54) is 11.1 Å². The van der Waals surface area contributed by atoms with Crippen molar-refractivity contribution < 1.29 is 4.52 Å². The summed E-state index contributed by atoms with van der Waals surface area (Å²) in [5.41, 5.74) is 4.83. The quantitative estimate of drug-likeness (QED) is 0.570. The number of rotatable bonds is 8. The topological polar surface area (TPSA) is 62.5 Å². The van der Waals surface area contributed by atoms with Crippen molar-refractivity contribution in [3.8, 4) is 0 Å². The van der Waals surface area contributed by atoms with Crippen molar-refractivity contribution in [1.29, 1.82) is 0 Å². The Labute approximate surface area is 150 Å². The third-order valence-electron chi connectivity index (χ3n) is 4.29. The van der Waals surface area contributed by atoms with E-state index in [2.05, 4.69) is 67.8 Å². The minimum Gasteiger partial charge on any atom is -0.361 e. The van der Waals surface area contributed by atoms with Gasteiger partial charge in [0.1, 0.15) is 5.76 Å². The molecule has 0 aliphatic carbocycles. The molecule has 25 heavy (non-hydrogen) atoms. The zero-order valence-electron chi connectivity index (χ0n) is 15.9. The predicted molar refractivity (Wildman–Crippen MR) is 103 cm³/mol. The summed E-state index contributed by atoms with van der Waals surface area (Å²) < 4.78 is 5.42. The number of nitrogens with one attached hydrogen (secondary N) is 2. The van der Waals surface area contributed by atoms with Gasteiger partial charge in [0.2, 0.25) is 0 Å². The van der Waals surface area contributed by atoms with Crippen molar-refractivity contribution in [2.75, 3.05) is 13.1 Å². The number of aromatic nitrogens is 1. The highest BCUT2D eigenvalue weighted by Crippen LogP contribution is 2.16. The molecule has 5 heteroatoms. The summed E-state index contributed by atoms with van der Waals surface area (Å²) in [6.07, 6.45) is 2.69. The SMILES string of the molecule is CCNC(=NCc1c(CC)noc1CC)NCCc1ccccc1C. The fourth-order valence-corrected chi connectivity index (χ4v) is 2.82. The molecule has 136 valence electrons. The van der Waals surface area contributed by atoms with Crippen LogP contribution in [0.4, 0.5) is 0 Å². The van der Waals surface area contributed by atoms with Gasteiger partial charge in [-0.2, -0.15) is 0 Å². The first-order valence-corrected chi connectivity index (χ1v) is 9.22. The van der Waals surface area contributed by atoms with Gasteiger partial charge in [-0.1, -0.05) is 43.3 Å². The molecule has 0 aliphatic heterocycles. The summed E-state index contributed by atoms with van der Waals surface area (Å²) in [7, 11) is 0. The lowest BCUT2D eigenvalue weighted by atomic mass is 10.1. The lowest BCUT2D eigenvalue weighted by Crippen LogP contribution is -2.38. The van der Waals surface area contributed by atoms with Crippen LogP contribution < -0.4 is 10.6 Å². The first kappa shape index (κ1) is 19.0. The summed E-state index contributed by atoms with van der Waals surface area (Å²) >= 11 is 0. The second-order valence-corrected chi connectivity index (χ2v) is 6.04. The summed E-state index contributed by atoms with van der Waals surface area (Å²) in [5, 5.41) is 10.9. The van der Waals surface area contributed by atoms with Crippen LogP contribution in [0.3, 0.4) is 0 Å². The molecule has 2 aromatic rings. The average Bonchev–Trinajstić information content (AvgIpc) is 3.03. The normalized spacial score (nSPS) is 11.6. The minimum absolute atomic E-state index is 0.593. The molecule has 1 aromatic carbocycles.